The maximum atomic E-state index is 5.49. The molecule has 1 N–H and O–H groups in total. The number of rotatable bonds is 5. The fraction of sp³-hybridized carbons (Fsp3) is 0.400. The fourth-order valence-electron chi connectivity index (χ4n) is 3.41. The Hall–Kier alpha value is -2.58. The Labute approximate surface area is 167 Å². The molecule has 146 valence electrons. The quantitative estimate of drug-likeness (QED) is 0.706. The van der Waals surface area contributed by atoms with Crippen molar-refractivity contribution in [2.24, 2.45) is 0 Å². The molecule has 0 atom stereocenters. The molecule has 2 aromatic heterocycles. The van der Waals surface area contributed by atoms with Gasteiger partial charge in [-0.05, 0) is 30.2 Å². The molecule has 1 aromatic carbocycles. The molecule has 0 radical (unpaired) electrons. The van der Waals surface area contributed by atoms with E-state index in [1.807, 2.05) is 18.2 Å². The molecule has 1 fully saturated rings. The lowest BCUT2D eigenvalue weighted by molar-refractivity contribution is 0.122. The summed E-state index contributed by atoms with van der Waals surface area (Å²) in [4.78, 5) is 14.2. The minimum absolute atomic E-state index is 0.288. The van der Waals surface area contributed by atoms with Gasteiger partial charge in [-0.25, -0.2) is 4.98 Å². The zero-order chi connectivity index (χ0) is 18.9. The van der Waals surface area contributed by atoms with Crippen LogP contribution in [0.25, 0.3) is 10.2 Å². The molecule has 3 aromatic rings. The normalized spacial score (nSPS) is 16.0. The van der Waals surface area contributed by atoms with Gasteiger partial charge in [0.15, 0.2) is 11.5 Å². The molecule has 4 heterocycles. The molecule has 0 bridgehead atoms. The second-order valence-electron chi connectivity index (χ2n) is 6.80. The van der Waals surface area contributed by atoms with E-state index in [1.165, 1.54) is 4.88 Å². The number of morpholine rings is 1. The van der Waals surface area contributed by atoms with E-state index < -0.39 is 0 Å². The number of aromatic nitrogens is 2. The minimum atomic E-state index is 0.288. The zero-order valence-electron chi connectivity index (χ0n) is 15.7. The van der Waals surface area contributed by atoms with Crippen LogP contribution >= 0.6 is 11.3 Å². The summed E-state index contributed by atoms with van der Waals surface area (Å²) in [5.74, 6) is 3.24. The predicted octanol–water partition coefficient (Wildman–Crippen LogP) is 3.43. The number of ether oxygens (including phenoxy) is 3. The number of anilines is 2. The van der Waals surface area contributed by atoms with Crippen molar-refractivity contribution in [1.29, 1.82) is 0 Å². The third kappa shape index (κ3) is 3.33. The van der Waals surface area contributed by atoms with E-state index in [4.69, 9.17) is 24.2 Å². The number of nitrogens with one attached hydrogen (secondary N) is 1. The summed E-state index contributed by atoms with van der Waals surface area (Å²) in [6.07, 6.45) is 0.996. The van der Waals surface area contributed by atoms with E-state index in [0.717, 1.165) is 58.6 Å². The van der Waals surface area contributed by atoms with E-state index in [-0.39, 0.29) is 6.79 Å². The van der Waals surface area contributed by atoms with Gasteiger partial charge in [0.1, 0.15) is 10.6 Å². The monoisotopic (exact) mass is 398 g/mol. The van der Waals surface area contributed by atoms with E-state index >= 15 is 0 Å². The molecule has 8 heteroatoms. The summed E-state index contributed by atoms with van der Waals surface area (Å²) in [5.41, 5.74) is 1.12. The molecule has 28 heavy (non-hydrogen) atoms. The SMILES string of the molecule is CCc1cc2c(NCc3ccc4c(c3)OCO4)nc(N3CCOCC3)nc2s1. The van der Waals surface area contributed by atoms with Crippen LogP contribution in [0.4, 0.5) is 11.8 Å². The first-order valence-electron chi connectivity index (χ1n) is 9.55. The highest BCUT2D eigenvalue weighted by atomic mass is 32.1. The smallest absolute Gasteiger partial charge is 0.231 e. The Kier molecular flexibility index (Phi) is 4.66. The highest BCUT2D eigenvalue weighted by molar-refractivity contribution is 7.18. The van der Waals surface area contributed by atoms with Crippen LogP contribution in [0, 0.1) is 0 Å². The second-order valence-corrected chi connectivity index (χ2v) is 7.91. The Bertz CT molecular complexity index is 1000. The van der Waals surface area contributed by atoms with Crippen LogP contribution in [0.5, 0.6) is 11.5 Å². The van der Waals surface area contributed by atoms with E-state index in [0.29, 0.717) is 19.8 Å². The molecule has 5 rings (SSSR count). The van der Waals surface area contributed by atoms with Gasteiger partial charge in [0.2, 0.25) is 12.7 Å². The molecule has 0 saturated carbocycles. The minimum Gasteiger partial charge on any atom is -0.454 e. The standard InChI is InChI=1S/C20H22N4O3S/c1-2-14-10-15-18(21-11-13-3-4-16-17(9-13)27-12-26-16)22-20(23-19(15)28-14)24-5-7-25-8-6-24/h3-4,9-10H,2,5-8,11-12H2,1H3,(H,21,22,23). The van der Waals surface area contributed by atoms with Gasteiger partial charge in [-0.3, -0.25) is 0 Å². The van der Waals surface area contributed by atoms with Crippen molar-refractivity contribution in [2.45, 2.75) is 19.9 Å². The van der Waals surface area contributed by atoms with Gasteiger partial charge in [0.25, 0.3) is 0 Å². The van der Waals surface area contributed by atoms with Crippen molar-refractivity contribution in [3.05, 3.63) is 34.7 Å². The van der Waals surface area contributed by atoms with Gasteiger partial charge in [-0.1, -0.05) is 13.0 Å². The highest BCUT2D eigenvalue weighted by Gasteiger charge is 2.18. The molecule has 0 aliphatic carbocycles. The molecular weight excluding hydrogens is 376 g/mol. The summed E-state index contributed by atoms with van der Waals surface area (Å²) in [6, 6.07) is 8.22. The van der Waals surface area contributed by atoms with Gasteiger partial charge in [-0.2, -0.15) is 4.98 Å². The van der Waals surface area contributed by atoms with Crippen LogP contribution in [0.1, 0.15) is 17.4 Å². The second kappa shape index (κ2) is 7.44. The number of thiophene rings is 1. The van der Waals surface area contributed by atoms with Crippen LogP contribution < -0.4 is 19.7 Å². The molecule has 0 spiro atoms. The number of hydrogen-bond acceptors (Lipinski definition) is 8. The molecule has 7 nitrogen and oxygen atoms in total. The molecule has 2 aliphatic rings. The van der Waals surface area contributed by atoms with E-state index in [9.17, 15) is 0 Å². The molecule has 0 unspecified atom stereocenters. The highest BCUT2D eigenvalue weighted by Crippen LogP contribution is 2.34. The van der Waals surface area contributed by atoms with Crippen LogP contribution in [0.15, 0.2) is 24.3 Å². The van der Waals surface area contributed by atoms with Crippen LogP contribution in [0.3, 0.4) is 0 Å². The van der Waals surface area contributed by atoms with E-state index in [2.05, 4.69) is 23.2 Å². The van der Waals surface area contributed by atoms with Crippen molar-refractivity contribution >= 4 is 33.3 Å². The van der Waals surface area contributed by atoms with Crippen molar-refractivity contribution in [3.8, 4) is 11.5 Å². The average Bonchev–Trinajstić information content (AvgIpc) is 3.38. The van der Waals surface area contributed by atoms with Gasteiger partial charge in [-0.15, -0.1) is 11.3 Å². The van der Waals surface area contributed by atoms with Crippen molar-refractivity contribution < 1.29 is 14.2 Å². The van der Waals surface area contributed by atoms with Crippen molar-refractivity contribution in [1.82, 2.24) is 9.97 Å². The lowest BCUT2D eigenvalue weighted by atomic mass is 10.2. The number of benzene rings is 1. The summed E-state index contributed by atoms with van der Waals surface area (Å²) in [5, 5.41) is 4.60. The maximum Gasteiger partial charge on any atom is 0.231 e. The Balaban J connectivity index is 1.45. The molecule has 1 saturated heterocycles. The van der Waals surface area contributed by atoms with Crippen LogP contribution in [0.2, 0.25) is 0 Å². The van der Waals surface area contributed by atoms with Crippen LogP contribution in [-0.4, -0.2) is 43.1 Å². The maximum absolute atomic E-state index is 5.49. The summed E-state index contributed by atoms with van der Waals surface area (Å²) in [6.45, 7) is 6.18. The van der Waals surface area contributed by atoms with Gasteiger partial charge in [0.05, 0.1) is 18.6 Å². The Morgan fingerprint density at radius 1 is 1.11 bits per heavy atom. The van der Waals surface area contributed by atoms with E-state index in [1.54, 1.807) is 11.3 Å². The lowest BCUT2D eigenvalue weighted by Crippen LogP contribution is -2.37. The third-order valence-electron chi connectivity index (χ3n) is 4.97. The summed E-state index contributed by atoms with van der Waals surface area (Å²) < 4.78 is 16.3. The first-order valence-corrected chi connectivity index (χ1v) is 10.4. The molecular formula is C20H22N4O3S. The largest absolute Gasteiger partial charge is 0.454 e. The van der Waals surface area contributed by atoms with Crippen molar-refractivity contribution in [3.63, 3.8) is 0 Å². The number of aryl methyl sites for hydroxylation is 1. The molecule has 2 aliphatic heterocycles. The Morgan fingerprint density at radius 2 is 1.96 bits per heavy atom. The fourth-order valence-corrected chi connectivity index (χ4v) is 4.37. The van der Waals surface area contributed by atoms with Crippen molar-refractivity contribution in [2.75, 3.05) is 43.3 Å². The summed E-state index contributed by atoms with van der Waals surface area (Å²) in [7, 11) is 0. The predicted molar refractivity (Wildman–Crippen MR) is 110 cm³/mol. The number of fused-ring (bicyclic) bond motifs is 2. The van der Waals surface area contributed by atoms with Gasteiger partial charge in [0, 0.05) is 24.5 Å². The van der Waals surface area contributed by atoms with Gasteiger partial charge >= 0.3 is 0 Å². The zero-order valence-corrected chi connectivity index (χ0v) is 16.6. The first kappa shape index (κ1) is 17.5. The summed E-state index contributed by atoms with van der Waals surface area (Å²) >= 11 is 1.74. The Morgan fingerprint density at radius 3 is 2.82 bits per heavy atom. The number of nitrogens with zero attached hydrogens (tertiary/aromatic N) is 3. The van der Waals surface area contributed by atoms with Gasteiger partial charge < -0.3 is 24.4 Å². The topological polar surface area (TPSA) is 68.7 Å². The number of hydrogen-bond donors (Lipinski definition) is 1. The lowest BCUT2D eigenvalue weighted by Gasteiger charge is -2.27. The average molecular weight is 398 g/mol. The van der Waals surface area contributed by atoms with Crippen LogP contribution in [-0.2, 0) is 17.7 Å². The first-order chi connectivity index (χ1) is 13.8. The molecule has 0 amide bonds. The third-order valence-corrected chi connectivity index (χ3v) is 6.14.